The Kier molecular flexibility index (Phi) is 6.25. The monoisotopic (exact) mass is 284 g/mol. The molecular formula is C18H24N2O. The molecule has 0 aromatic heterocycles. The van der Waals surface area contributed by atoms with E-state index in [9.17, 15) is 5.11 Å². The molecule has 0 unspecified atom stereocenters. The second-order valence-electron chi connectivity index (χ2n) is 5.08. The van der Waals surface area contributed by atoms with Gasteiger partial charge in [-0.2, -0.15) is 0 Å². The van der Waals surface area contributed by atoms with Crippen molar-refractivity contribution >= 4 is 5.69 Å². The summed E-state index contributed by atoms with van der Waals surface area (Å²) in [5, 5.41) is 12.6. The van der Waals surface area contributed by atoms with Crippen LogP contribution in [0.4, 0.5) is 5.69 Å². The average Bonchev–Trinajstić information content (AvgIpc) is 2.54. The van der Waals surface area contributed by atoms with Gasteiger partial charge in [0.25, 0.3) is 0 Å². The van der Waals surface area contributed by atoms with Crippen molar-refractivity contribution in [3.05, 3.63) is 65.7 Å². The molecule has 0 aliphatic rings. The van der Waals surface area contributed by atoms with Crippen molar-refractivity contribution in [1.29, 1.82) is 0 Å². The van der Waals surface area contributed by atoms with Crippen molar-refractivity contribution < 1.29 is 5.11 Å². The number of aliphatic hydroxyl groups is 1. The fraction of sp³-hybridized carbons (Fsp3) is 0.333. The Morgan fingerprint density at radius 3 is 2.29 bits per heavy atom. The van der Waals surface area contributed by atoms with Gasteiger partial charge in [0.15, 0.2) is 0 Å². The zero-order valence-electron chi connectivity index (χ0n) is 12.6. The second kappa shape index (κ2) is 8.45. The number of anilines is 1. The Balaban J connectivity index is 2.06. The van der Waals surface area contributed by atoms with E-state index in [0.29, 0.717) is 6.54 Å². The van der Waals surface area contributed by atoms with E-state index in [1.54, 1.807) is 0 Å². The van der Waals surface area contributed by atoms with Crippen LogP contribution in [0.5, 0.6) is 0 Å². The molecule has 2 aromatic carbocycles. The Hall–Kier alpha value is -1.84. The number of benzene rings is 2. The van der Waals surface area contributed by atoms with E-state index in [1.807, 2.05) is 18.2 Å². The number of nitrogens with zero attached hydrogens (tertiary/aromatic N) is 1. The normalized spacial score (nSPS) is 10.6. The quantitative estimate of drug-likeness (QED) is 0.782. The highest BCUT2D eigenvalue weighted by Gasteiger charge is 2.06. The van der Waals surface area contributed by atoms with E-state index in [2.05, 4.69) is 53.5 Å². The molecule has 21 heavy (non-hydrogen) atoms. The highest BCUT2D eigenvalue weighted by atomic mass is 16.3. The van der Waals surface area contributed by atoms with Crippen LogP contribution in [0.3, 0.4) is 0 Å². The molecule has 0 aliphatic heterocycles. The first-order valence-corrected chi connectivity index (χ1v) is 7.53. The van der Waals surface area contributed by atoms with E-state index in [0.717, 1.165) is 25.3 Å². The first-order chi connectivity index (χ1) is 10.3. The van der Waals surface area contributed by atoms with Crippen LogP contribution in [0, 0.1) is 0 Å². The van der Waals surface area contributed by atoms with Crippen molar-refractivity contribution in [3.8, 4) is 0 Å². The lowest BCUT2D eigenvalue weighted by molar-refractivity contribution is 0.301. The van der Waals surface area contributed by atoms with Crippen molar-refractivity contribution in [2.24, 2.45) is 0 Å². The summed E-state index contributed by atoms with van der Waals surface area (Å²) in [6, 6.07) is 18.9. The molecule has 0 spiro atoms. The molecule has 0 radical (unpaired) electrons. The molecule has 112 valence electrons. The van der Waals surface area contributed by atoms with Crippen molar-refractivity contribution in [2.45, 2.75) is 20.0 Å². The van der Waals surface area contributed by atoms with Crippen LogP contribution < -0.4 is 10.2 Å². The van der Waals surface area contributed by atoms with Crippen LogP contribution in [0.1, 0.15) is 18.1 Å². The van der Waals surface area contributed by atoms with Gasteiger partial charge in [-0.3, -0.25) is 0 Å². The van der Waals surface area contributed by atoms with Crippen LogP contribution in [0.15, 0.2) is 54.6 Å². The minimum atomic E-state index is 0.159. The van der Waals surface area contributed by atoms with Crippen LogP contribution in [0.2, 0.25) is 0 Å². The highest BCUT2D eigenvalue weighted by molar-refractivity contribution is 5.48. The van der Waals surface area contributed by atoms with Crippen molar-refractivity contribution in [1.82, 2.24) is 5.32 Å². The molecule has 0 saturated heterocycles. The first kappa shape index (κ1) is 15.5. The predicted octanol–water partition coefficient (Wildman–Crippen LogP) is 2.80. The summed E-state index contributed by atoms with van der Waals surface area (Å²) in [6.45, 7) is 5.60. The summed E-state index contributed by atoms with van der Waals surface area (Å²) in [4.78, 5) is 2.20. The highest BCUT2D eigenvalue weighted by Crippen LogP contribution is 2.18. The summed E-state index contributed by atoms with van der Waals surface area (Å²) in [5.41, 5.74) is 3.68. The lowest BCUT2D eigenvalue weighted by Crippen LogP contribution is -2.26. The Morgan fingerprint density at radius 2 is 1.67 bits per heavy atom. The molecule has 0 saturated carbocycles. The number of hydrogen-bond donors (Lipinski definition) is 2. The zero-order chi connectivity index (χ0) is 14.9. The molecule has 0 atom stereocenters. The van der Waals surface area contributed by atoms with Crippen LogP contribution in [0.25, 0.3) is 0 Å². The lowest BCUT2D eigenvalue weighted by Gasteiger charge is -2.24. The first-order valence-electron chi connectivity index (χ1n) is 7.53. The van der Waals surface area contributed by atoms with Gasteiger partial charge in [0.05, 0.1) is 6.61 Å². The fourth-order valence-corrected chi connectivity index (χ4v) is 2.32. The molecular weight excluding hydrogens is 260 g/mol. The summed E-state index contributed by atoms with van der Waals surface area (Å²) in [5.74, 6) is 0. The van der Waals surface area contributed by atoms with Crippen LogP contribution in [-0.2, 0) is 13.1 Å². The van der Waals surface area contributed by atoms with Crippen molar-refractivity contribution in [2.75, 3.05) is 24.6 Å². The van der Waals surface area contributed by atoms with Gasteiger partial charge in [0.2, 0.25) is 0 Å². The average molecular weight is 284 g/mol. The molecule has 2 aromatic rings. The van der Waals surface area contributed by atoms with E-state index in [4.69, 9.17) is 0 Å². The Labute approximate surface area is 127 Å². The molecule has 3 nitrogen and oxygen atoms in total. The molecule has 2 N–H and O–H groups in total. The number of nitrogens with one attached hydrogen (secondary N) is 1. The molecule has 0 amide bonds. The van der Waals surface area contributed by atoms with Gasteiger partial charge < -0.3 is 15.3 Å². The fourth-order valence-electron chi connectivity index (χ4n) is 2.32. The lowest BCUT2D eigenvalue weighted by atomic mass is 10.1. The molecule has 0 aliphatic carbocycles. The van der Waals surface area contributed by atoms with Crippen LogP contribution in [-0.4, -0.2) is 24.8 Å². The third-order valence-corrected chi connectivity index (χ3v) is 3.47. The smallest absolute Gasteiger partial charge is 0.0606 e. The van der Waals surface area contributed by atoms with E-state index in [1.165, 1.54) is 11.1 Å². The molecule has 3 heteroatoms. The maximum Gasteiger partial charge on any atom is 0.0606 e. The maximum absolute atomic E-state index is 9.30. The van der Waals surface area contributed by atoms with Gasteiger partial charge in [-0.15, -0.1) is 0 Å². The molecule has 0 fully saturated rings. The summed E-state index contributed by atoms with van der Waals surface area (Å²) in [7, 11) is 0. The molecule has 0 bridgehead atoms. The third-order valence-electron chi connectivity index (χ3n) is 3.47. The van der Waals surface area contributed by atoms with Crippen molar-refractivity contribution in [3.63, 3.8) is 0 Å². The van der Waals surface area contributed by atoms with Gasteiger partial charge in [0.1, 0.15) is 0 Å². The molecule has 0 heterocycles. The largest absolute Gasteiger partial charge is 0.395 e. The summed E-state index contributed by atoms with van der Waals surface area (Å²) >= 11 is 0. The minimum Gasteiger partial charge on any atom is -0.395 e. The number of hydrogen-bond acceptors (Lipinski definition) is 3. The van der Waals surface area contributed by atoms with E-state index >= 15 is 0 Å². The second-order valence-corrected chi connectivity index (χ2v) is 5.08. The number of rotatable bonds is 8. The Morgan fingerprint density at radius 1 is 0.952 bits per heavy atom. The Bertz CT molecular complexity index is 511. The van der Waals surface area contributed by atoms with Gasteiger partial charge in [-0.25, -0.2) is 0 Å². The SMILES string of the molecule is CCNCc1ccc(N(CCO)Cc2ccccc2)cc1. The van der Waals surface area contributed by atoms with Crippen LogP contribution >= 0.6 is 0 Å². The summed E-state index contributed by atoms with van der Waals surface area (Å²) < 4.78 is 0. The number of aliphatic hydroxyl groups excluding tert-OH is 1. The standard InChI is InChI=1S/C18H24N2O/c1-2-19-14-16-8-10-18(11-9-16)20(12-13-21)15-17-6-4-3-5-7-17/h3-11,19,21H,2,12-15H2,1H3. The van der Waals surface area contributed by atoms with Gasteiger partial charge in [0, 0.05) is 25.3 Å². The summed E-state index contributed by atoms with van der Waals surface area (Å²) in [6.07, 6.45) is 0. The predicted molar refractivity (Wildman–Crippen MR) is 88.4 cm³/mol. The van der Waals surface area contributed by atoms with Gasteiger partial charge in [-0.1, -0.05) is 49.4 Å². The van der Waals surface area contributed by atoms with E-state index < -0.39 is 0 Å². The zero-order valence-corrected chi connectivity index (χ0v) is 12.6. The molecule has 2 rings (SSSR count). The maximum atomic E-state index is 9.30. The topological polar surface area (TPSA) is 35.5 Å². The van der Waals surface area contributed by atoms with Gasteiger partial charge in [-0.05, 0) is 29.8 Å². The third kappa shape index (κ3) is 4.88. The van der Waals surface area contributed by atoms with E-state index in [-0.39, 0.29) is 6.61 Å². The van der Waals surface area contributed by atoms with Gasteiger partial charge >= 0.3 is 0 Å². The minimum absolute atomic E-state index is 0.159.